The second-order valence-corrected chi connectivity index (χ2v) is 6.04. The lowest BCUT2D eigenvalue weighted by Gasteiger charge is -2.24. The molecule has 0 spiro atoms. The Hall–Kier alpha value is -1.92. The first-order chi connectivity index (χ1) is 10.6. The van der Waals surface area contributed by atoms with Crippen molar-refractivity contribution in [2.24, 2.45) is 0 Å². The molecule has 1 atom stereocenters. The largest absolute Gasteiger partial charge is 0.391 e. The lowest BCUT2D eigenvalue weighted by Crippen LogP contribution is -2.36. The number of hydrogen-bond donors (Lipinski definition) is 2. The van der Waals surface area contributed by atoms with Crippen molar-refractivity contribution in [3.05, 3.63) is 47.0 Å². The monoisotopic (exact) mass is 319 g/mol. The Morgan fingerprint density at radius 1 is 1.41 bits per heavy atom. The fraction of sp³-hybridized carbons (Fsp3) is 0.375. The molecule has 5 nitrogen and oxygen atoms in total. The number of nitrogens with one attached hydrogen (secondary N) is 1. The van der Waals surface area contributed by atoms with Crippen molar-refractivity contribution in [2.45, 2.75) is 26.0 Å². The number of aromatic nitrogens is 1. The zero-order valence-corrected chi connectivity index (χ0v) is 13.6. The Kier molecular flexibility index (Phi) is 5.91. The normalized spacial score (nSPS) is 12.0. The summed E-state index contributed by atoms with van der Waals surface area (Å²) in [7, 11) is 1.77. The highest BCUT2D eigenvalue weighted by molar-refractivity contribution is 7.17. The van der Waals surface area contributed by atoms with Crippen molar-refractivity contribution in [1.82, 2.24) is 9.88 Å². The van der Waals surface area contributed by atoms with E-state index in [1.807, 2.05) is 37.3 Å². The van der Waals surface area contributed by atoms with Crippen LogP contribution in [0.2, 0.25) is 0 Å². The van der Waals surface area contributed by atoms with Crippen LogP contribution in [0.1, 0.15) is 28.6 Å². The Labute approximate surface area is 134 Å². The van der Waals surface area contributed by atoms with E-state index in [1.54, 1.807) is 18.1 Å². The van der Waals surface area contributed by atoms with Crippen molar-refractivity contribution in [3.8, 4) is 0 Å². The molecule has 0 bridgehead atoms. The number of hydrogen-bond acceptors (Lipinski definition) is 5. The summed E-state index contributed by atoms with van der Waals surface area (Å²) in [6.07, 6.45) is 1.67. The SMILES string of the molecule is CCC(O)CN(Cc1ccccc1)C(=O)c1cnc(NC)s1. The van der Waals surface area contributed by atoms with Gasteiger partial charge < -0.3 is 15.3 Å². The summed E-state index contributed by atoms with van der Waals surface area (Å²) in [6, 6.07) is 9.79. The van der Waals surface area contributed by atoms with Crippen LogP contribution in [0, 0.1) is 0 Å². The van der Waals surface area contributed by atoms with Crippen molar-refractivity contribution in [2.75, 3.05) is 18.9 Å². The van der Waals surface area contributed by atoms with Gasteiger partial charge in [-0.2, -0.15) is 0 Å². The van der Waals surface area contributed by atoms with Gasteiger partial charge >= 0.3 is 0 Å². The summed E-state index contributed by atoms with van der Waals surface area (Å²) < 4.78 is 0. The van der Waals surface area contributed by atoms with Gasteiger partial charge in [0, 0.05) is 20.1 Å². The minimum absolute atomic E-state index is 0.102. The Balaban J connectivity index is 2.17. The molecule has 1 aromatic heterocycles. The van der Waals surface area contributed by atoms with Crippen LogP contribution in [-0.4, -0.2) is 40.6 Å². The van der Waals surface area contributed by atoms with E-state index in [-0.39, 0.29) is 5.91 Å². The molecule has 2 N–H and O–H groups in total. The maximum Gasteiger partial charge on any atom is 0.266 e. The molecule has 6 heteroatoms. The Bertz CT molecular complexity index is 600. The molecule has 1 amide bonds. The van der Waals surface area contributed by atoms with Crippen molar-refractivity contribution in [3.63, 3.8) is 0 Å². The smallest absolute Gasteiger partial charge is 0.266 e. The molecular formula is C16H21N3O2S. The molecule has 0 radical (unpaired) electrons. The van der Waals surface area contributed by atoms with Crippen LogP contribution in [0.4, 0.5) is 5.13 Å². The molecule has 0 aliphatic rings. The van der Waals surface area contributed by atoms with Crippen LogP contribution >= 0.6 is 11.3 Å². The van der Waals surface area contributed by atoms with Crippen molar-refractivity contribution in [1.29, 1.82) is 0 Å². The van der Waals surface area contributed by atoms with E-state index < -0.39 is 6.10 Å². The van der Waals surface area contributed by atoms with Crippen LogP contribution in [0.15, 0.2) is 36.5 Å². The van der Waals surface area contributed by atoms with Gasteiger partial charge in [-0.3, -0.25) is 4.79 Å². The zero-order valence-electron chi connectivity index (χ0n) is 12.8. The number of thiazole rings is 1. The number of rotatable bonds is 7. The lowest BCUT2D eigenvalue weighted by atomic mass is 10.2. The fourth-order valence-corrected chi connectivity index (χ4v) is 2.79. The lowest BCUT2D eigenvalue weighted by molar-refractivity contribution is 0.0603. The van der Waals surface area contributed by atoms with E-state index in [0.29, 0.717) is 29.5 Å². The number of benzene rings is 1. The van der Waals surface area contributed by atoms with E-state index in [1.165, 1.54) is 11.3 Å². The predicted molar refractivity (Wildman–Crippen MR) is 89.1 cm³/mol. The van der Waals surface area contributed by atoms with E-state index >= 15 is 0 Å². The van der Waals surface area contributed by atoms with Crippen LogP contribution in [0.5, 0.6) is 0 Å². The molecule has 0 aliphatic carbocycles. The Morgan fingerprint density at radius 2 is 2.14 bits per heavy atom. The molecule has 118 valence electrons. The van der Waals surface area contributed by atoms with Gasteiger partial charge in [0.25, 0.3) is 5.91 Å². The highest BCUT2D eigenvalue weighted by Crippen LogP contribution is 2.20. The summed E-state index contributed by atoms with van der Waals surface area (Å²) >= 11 is 1.32. The standard InChI is InChI=1S/C16H21N3O2S/c1-3-13(20)11-19(10-12-7-5-4-6-8-12)15(21)14-9-18-16(17-2)22-14/h4-9,13,20H,3,10-11H2,1-2H3,(H,17,18). The minimum Gasteiger partial charge on any atom is -0.391 e. The fourth-order valence-electron chi connectivity index (χ4n) is 2.05. The van der Waals surface area contributed by atoms with Crippen LogP contribution in [0.25, 0.3) is 0 Å². The quantitative estimate of drug-likeness (QED) is 0.823. The molecule has 2 rings (SSSR count). The van der Waals surface area contributed by atoms with Crippen LogP contribution in [0.3, 0.4) is 0 Å². The highest BCUT2D eigenvalue weighted by atomic mass is 32.1. The highest BCUT2D eigenvalue weighted by Gasteiger charge is 2.21. The van der Waals surface area contributed by atoms with Gasteiger partial charge in [-0.15, -0.1) is 0 Å². The predicted octanol–water partition coefficient (Wildman–Crippen LogP) is 2.60. The summed E-state index contributed by atoms with van der Waals surface area (Å²) in [4.78, 5) is 19.1. The number of aliphatic hydroxyl groups excluding tert-OH is 1. The van der Waals surface area contributed by atoms with E-state index in [4.69, 9.17) is 0 Å². The third kappa shape index (κ3) is 4.29. The van der Waals surface area contributed by atoms with E-state index in [0.717, 1.165) is 5.56 Å². The minimum atomic E-state index is -0.524. The van der Waals surface area contributed by atoms with Crippen LogP contribution < -0.4 is 5.32 Å². The second kappa shape index (κ2) is 7.91. The van der Waals surface area contributed by atoms with Gasteiger partial charge in [-0.1, -0.05) is 48.6 Å². The van der Waals surface area contributed by atoms with Crippen molar-refractivity contribution >= 4 is 22.4 Å². The first-order valence-corrected chi connectivity index (χ1v) is 8.10. The number of nitrogens with zero attached hydrogens (tertiary/aromatic N) is 2. The molecule has 2 aromatic rings. The van der Waals surface area contributed by atoms with Gasteiger partial charge in [0.15, 0.2) is 5.13 Å². The first kappa shape index (κ1) is 16.5. The van der Waals surface area contributed by atoms with E-state index in [2.05, 4.69) is 10.3 Å². The molecule has 0 fully saturated rings. The molecule has 0 aliphatic heterocycles. The summed E-state index contributed by atoms with van der Waals surface area (Å²) in [5.74, 6) is -0.102. The second-order valence-electron chi connectivity index (χ2n) is 5.01. The van der Waals surface area contributed by atoms with Crippen LogP contribution in [-0.2, 0) is 6.54 Å². The average molecular weight is 319 g/mol. The van der Waals surface area contributed by atoms with Gasteiger partial charge in [0.2, 0.25) is 0 Å². The number of anilines is 1. The summed E-state index contributed by atoms with van der Waals surface area (Å²) in [5.41, 5.74) is 1.04. The molecule has 0 saturated heterocycles. The molecular weight excluding hydrogens is 298 g/mol. The average Bonchev–Trinajstić information content (AvgIpc) is 3.03. The van der Waals surface area contributed by atoms with E-state index in [9.17, 15) is 9.90 Å². The number of amides is 1. The summed E-state index contributed by atoms with van der Waals surface area (Å²) in [5, 5.41) is 13.6. The molecule has 1 unspecified atom stereocenters. The third-order valence-electron chi connectivity index (χ3n) is 3.34. The zero-order chi connectivity index (χ0) is 15.9. The molecule has 0 saturated carbocycles. The maximum atomic E-state index is 12.7. The van der Waals surface area contributed by atoms with Gasteiger partial charge in [-0.05, 0) is 12.0 Å². The van der Waals surface area contributed by atoms with Gasteiger partial charge in [0.05, 0.1) is 12.3 Å². The third-order valence-corrected chi connectivity index (χ3v) is 4.34. The number of carbonyl (C=O) groups excluding carboxylic acids is 1. The molecule has 22 heavy (non-hydrogen) atoms. The van der Waals surface area contributed by atoms with Crippen molar-refractivity contribution < 1.29 is 9.90 Å². The maximum absolute atomic E-state index is 12.7. The van der Waals surface area contributed by atoms with Gasteiger partial charge in [-0.25, -0.2) is 4.98 Å². The first-order valence-electron chi connectivity index (χ1n) is 7.28. The summed E-state index contributed by atoms with van der Waals surface area (Å²) in [6.45, 7) is 2.70. The Morgan fingerprint density at radius 3 is 2.73 bits per heavy atom. The number of carbonyl (C=O) groups is 1. The van der Waals surface area contributed by atoms with Gasteiger partial charge in [0.1, 0.15) is 4.88 Å². The number of aliphatic hydroxyl groups is 1. The molecule has 1 heterocycles. The molecule has 1 aromatic carbocycles. The topological polar surface area (TPSA) is 65.5 Å².